The van der Waals surface area contributed by atoms with Gasteiger partial charge in [-0.15, -0.1) is 0 Å². The molecule has 0 fully saturated rings. The smallest absolute Gasteiger partial charge is 0.303 e. The Morgan fingerprint density at radius 1 is 1.19 bits per heavy atom. The van der Waals surface area contributed by atoms with Gasteiger partial charge >= 0.3 is 5.97 Å². The molecule has 0 radical (unpaired) electrons. The van der Waals surface area contributed by atoms with Crippen LogP contribution in [0, 0.1) is 0 Å². The van der Waals surface area contributed by atoms with E-state index in [1.54, 1.807) is 0 Å². The number of hydrogen-bond donors (Lipinski definition) is 2. The second-order valence-electron chi connectivity index (χ2n) is 3.56. The molecule has 0 atom stereocenters. The third-order valence-electron chi connectivity index (χ3n) is 2.01. The Hall–Kier alpha value is -1.10. The molecule has 0 aliphatic heterocycles. The summed E-state index contributed by atoms with van der Waals surface area (Å²) in [6, 6.07) is 0. The highest BCUT2D eigenvalue weighted by Crippen LogP contribution is 1.94. The molecule has 0 aliphatic rings. The summed E-state index contributed by atoms with van der Waals surface area (Å²) in [4.78, 5) is 21.3. The number of carbonyl (C=O) groups excluding carboxylic acids is 1. The Morgan fingerprint density at radius 3 is 2.56 bits per heavy atom. The summed E-state index contributed by atoms with van der Waals surface area (Å²) in [5.41, 5.74) is 0. The molecule has 0 bridgehead atoms. The SMILES string of the molecule is CCCCOCCNC(=O)CCCC(=O)O. The number of carboxylic acid groups (broad SMARTS) is 1. The van der Waals surface area contributed by atoms with Crippen LogP contribution >= 0.6 is 0 Å². The average molecular weight is 231 g/mol. The van der Waals surface area contributed by atoms with Crippen molar-refractivity contribution in [2.45, 2.75) is 39.0 Å². The van der Waals surface area contributed by atoms with Crippen LogP contribution in [0.3, 0.4) is 0 Å². The van der Waals surface area contributed by atoms with Gasteiger partial charge in [0.2, 0.25) is 5.91 Å². The van der Waals surface area contributed by atoms with E-state index in [2.05, 4.69) is 12.2 Å². The van der Waals surface area contributed by atoms with Gasteiger partial charge in [0.05, 0.1) is 6.61 Å². The summed E-state index contributed by atoms with van der Waals surface area (Å²) in [5.74, 6) is -0.976. The van der Waals surface area contributed by atoms with Crippen LogP contribution < -0.4 is 5.32 Å². The van der Waals surface area contributed by atoms with Gasteiger partial charge in [-0.25, -0.2) is 0 Å². The van der Waals surface area contributed by atoms with Gasteiger partial charge < -0.3 is 15.2 Å². The van der Waals surface area contributed by atoms with E-state index in [1.165, 1.54) is 0 Å². The van der Waals surface area contributed by atoms with Crippen LogP contribution in [-0.4, -0.2) is 36.7 Å². The fraction of sp³-hybridized carbons (Fsp3) is 0.818. The number of rotatable bonds is 10. The Morgan fingerprint density at radius 2 is 1.94 bits per heavy atom. The van der Waals surface area contributed by atoms with Gasteiger partial charge in [0.15, 0.2) is 0 Å². The molecule has 2 N–H and O–H groups in total. The van der Waals surface area contributed by atoms with Crippen molar-refractivity contribution < 1.29 is 19.4 Å². The number of carboxylic acids is 1. The lowest BCUT2D eigenvalue weighted by atomic mass is 10.2. The predicted octanol–water partition coefficient (Wildman–Crippen LogP) is 1.17. The van der Waals surface area contributed by atoms with Crippen LogP contribution in [0.1, 0.15) is 39.0 Å². The maximum Gasteiger partial charge on any atom is 0.303 e. The number of amides is 1. The van der Waals surface area contributed by atoms with E-state index < -0.39 is 5.97 Å². The Bertz CT molecular complexity index is 206. The first-order valence-corrected chi connectivity index (χ1v) is 5.73. The first kappa shape index (κ1) is 14.9. The van der Waals surface area contributed by atoms with Crippen LogP contribution in [-0.2, 0) is 14.3 Å². The normalized spacial score (nSPS) is 10.1. The zero-order chi connectivity index (χ0) is 12.2. The summed E-state index contributed by atoms with van der Waals surface area (Å²) in [7, 11) is 0. The van der Waals surface area contributed by atoms with Crippen molar-refractivity contribution in [2.75, 3.05) is 19.8 Å². The second kappa shape index (κ2) is 10.4. The van der Waals surface area contributed by atoms with Crippen LogP contribution in [0.15, 0.2) is 0 Å². The molecular formula is C11H21NO4. The van der Waals surface area contributed by atoms with Crippen LogP contribution in [0.2, 0.25) is 0 Å². The maximum absolute atomic E-state index is 11.2. The van der Waals surface area contributed by atoms with Crippen molar-refractivity contribution in [3.63, 3.8) is 0 Å². The quantitative estimate of drug-likeness (QED) is 0.553. The number of aliphatic carboxylic acids is 1. The fourth-order valence-electron chi connectivity index (χ4n) is 1.10. The van der Waals surface area contributed by atoms with Crippen LogP contribution in [0.25, 0.3) is 0 Å². The first-order valence-electron chi connectivity index (χ1n) is 5.73. The average Bonchev–Trinajstić information content (AvgIpc) is 2.22. The topological polar surface area (TPSA) is 75.6 Å². The molecule has 0 saturated carbocycles. The van der Waals surface area contributed by atoms with E-state index in [4.69, 9.17) is 9.84 Å². The van der Waals surface area contributed by atoms with E-state index >= 15 is 0 Å². The lowest BCUT2D eigenvalue weighted by Crippen LogP contribution is -2.27. The summed E-state index contributed by atoms with van der Waals surface area (Å²) in [5, 5.41) is 11.0. The molecule has 16 heavy (non-hydrogen) atoms. The number of carbonyl (C=O) groups is 2. The van der Waals surface area contributed by atoms with E-state index in [-0.39, 0.29) is 18.7 Å². The molecule has 0 aromatic heterocycles. The van der Waals surface area contributed by atoms with Gasteiger partial charge in [0.25, 0.3) is 0 Å². The van der Waals surface area contributed by atoms with Gasteiger partial charge in [-0.05, 0) is 12.8 Å². The minimum absolute atomic E-state index is 0.0421. The molecular weight excluding hydrogens is 210 g/mol. The minimum Gasteiger partial charge on any atom is -0.481 e. The minimum atomic E-state index is -0.865. The zero-order valence-corrected chi connectivity index (χ0v) is 9.83. The number of nitrogens with one attached hydrogen (secondary N) is 1. The Kier molecular flexibility index (Phi) is 9.70. The largest absolute Gasteiger partial charge is 0.481 e. The van der Waals surface area contributed by atoms with Gasteiger partial charge in [0, 0.05) is 26.0 Å². The third-order valence-corrected chi connectivity index (χ3v) is 2.01. The predicted molar refractivity (Wildman–Crippen MR) is 60.2 cm³/mol. The number of ether oxygens (including phenoxy) is 1. The molecule has 0 saturated heterocycles. The van der Waals surface area contributed by atoms with E-state index in [1.807, 2.05) is 0 Å². The third kappa shape index (κ3) is 11.0. The maximum atomic E-state index is 11.2. The first-order chi connectivity index (χ1) is 7.66. The van der Waals surface area contributed by atoms with Crippen molar-refractivity contribution in [1.82, 2.24) is 5.32 Å². The number of unbranched alkanes of at least 4 members (excludes halogenated alkanes) is 1. The van der Waals surface area contributed by atoms with Gasteiger partial charge in [-0.2, -0.15) is 0 Å². The van der Waals surface area contributed by atoms with Gasteiger partial charge in [-0.3, -0.25) is 9.59 Å². The summed E-state index contributed by atoms with van der Waals surface area (Å²) >= 11 is 0. The highest BCUT2D eigenvalue weighted by molar-refractivity contribution is 5.76. The molecule has 0 unspecified atom stereocenters. The molecule has 0 rings (SSSR count). The second-order valence-corrected chi connectivity index (χ2v) is 3.56. The molecule has 5 heteroatoms. The van der Waals surface area contributed by atoms with Crippen molar-refractivity contribution in [1.29, 1.82) is 0 Å². The Labute approximate surface area is 96.2 Å². The monoisotopic (exact) mass is 231 g/mol. The highest BCUT2D eigenvalue weighted by atomic mass is 16.5. The van der Waals surface area contributed by atoms with Crippen molar-refractivity contribution in [3.8, 4) is 0 Å². The molecule has 94 valence electrons. The van der Waals surface area contributed by atoms with Crippen LogP contribution in [0.5, 0.6) is 0 Å². The van der Waals surface area contributed by atoms with E-state index in [0.29, 0.717) is 19.6 Å². The molecule has 0 spiro atoms. The van der Waals surface area contributed by atoms with Crippen molar-refractivity contribution >= 4 is 11.9 Å². The Balaban J connectivity index is 3.20. The van der Waals surface area contributed by atoms with Gasteiger partial charge in [-0.1, -0.05) is 13.3 Å². The lowest BCUT2D eigenvalue weighted by Gasteiger charge is -2.05. The lowest BCUT2D eigenvalue weighted by molar-refractivity contribution is -0.137. The zero-order valence-electron chi connectivity index (χ0n) is 9.83. The molecule has 5 nitrogen and oxygen atoms in total. The van der Waals surface area contributed by atoms with Crippen molar-refractivity contribution in [3.05, 3.63) is 0 Å². The molecule has 0 aromatic carbocycles. The molecule has 1 amide bonds. The molecule has 0 heterocycles. The molecule has 0 aromatic rings. The standard InChI is InChI=1S/C11H21NO4/c1-2-3-8-16-9-7-12-10(13)5-4-6-11(14)15/h2-9H2,1H3,(H,12,13)(H,14,15). The van der Waals surface area contributed by atoms with E-state index in [9.17, 15) is 9.59 Å². The number of hydrogen-bond acceptors (Lipinski definition) is 3. The fourth-order valence-corrected chi connectivity index (χ4v) is 1.10. The highest BCUT2D eigenvalue weighted by Gasteiger charge is 2.02. The summed E-state index contributed by atoms with van der Waals surface area (Å²) in [6.07, 6.45) is 2.83. The molecule has 0 aliphatic carbocycles. The summed E-state index contributed by atoms with van der Waals surface area (Å²) < 4.78 is 5.26. The van der Waals surface area contributed by atoms with Crippen LogP contribution in [0.4, 0.5) is 0 Å². The van der Waals surface area contributed by atoms with E-state index in [0.717, 1.165) is 19.4 Å². The summed E-state index contributed by atoms with van der Waals surface area (Å²) in [6.45, 7) is 3.83. The van der Waals surface area contributed by atoms with Gasteiger partial charge in [0.1, 0.15) is 0 Å². The van der Waals surface area contributed by atoms with Crippen molar-refractivity contribution in [2.24, 2.45) is 0 Å².